The summed E-state index contributed by atoms with van der Waals surface area (Å²) in [5, 5.41) is 11.7. The Morgan fingerprint density at radius 1 is 1.00 bits per heavy atom. The van der Waals surface area contributed by atoms with Crippen LogP contribution in [0.25, 0.3) is 22.4 Å². The first kappa shape index (κ1) is 21.1. The number of hydrogen-bond acceptors (Lipinski definition) is 6. The molecule has 0 aliphatic carbocycles. The van der Waals surface area contributed by atoms with Crippen LogP contribution in [0, 0.1) is 0 Å². The van der Waals surface area contributed by atoms with Crippen molar-refractivity contribution in [3.05, 3.63) is 77.9 Å². The number of rotatable bonds is 7. The molecule has 162 valence electrons. The van der Waals surface area contributed by atoms with Crippen molar-refractivity contribution in [2.75, 3.05) is 25.6 Å². The highest BCUT2D eigenvalue weighted by Crippen LogP contribution is 2.24. The summed E-state index contributed by atoms with van der Waals surface area (Å²) in [6.07, 6.45) is 0. The maximum Gasteiger partial charge on any atom is 0.337 e. The summed E-state index contributed by atoms with van der Waals surface area (Å²) in [4.78, 5) is 32.0. The largest absolute Gasteiger partial charge is 0.491 e. The molecule has 0 fully saturated rings. The van der Waals surface area contributed by atoms with E-state index in [1.165, 1.54) is 7.11 Å². The first-order valence-corrected chi connectivity index (χ1v) is 9.91. The van der Waals surface area contributed by atoms with Gasteiger partial charge in [-0.05, 0) is 66.7 Å². The second-order valence-corrected chi connectivity index (χ2v) is 6.94. The summed E-state index contributed by atoms with van der Waals surface area (Å²) >= 11 is 0. The Kier molecular flexibility index (Phi) is 6.14. The molecular weight excluding hydrogens is 410 g/mol. The number of esters is 1. The Morgan fingerprint density at radius 3 is 2.41 bits per heavy atom. The fourth-order valence-electron chi connectivity index (χ4n) is 3.17. The van der Waals surface area contributed by atoms with E-state index >= 15 is 0 Å². The molecule has 0 radical (unpaired) electrons. The summed E-state index contributed by atoms with van der Waals surface area (Å²) in [7, 11) is 1.32. The van der Waals surface area contributed by atoms with Gasteiger partial charge < -0.3 is 24.9 Å². The number of hydrogen-bond donors (Lipinski definition) is 3. The van der Waals surface area contributed by atoms with Crippen molar-refractivity contribution in [1.82, 2.24) is 9.97 Å². The lowest BCUT2D eigenvalue weighted by atomic mass is 10.1. The topological polar surface area (TPSA) is 114 Å². The lowest BCUT2D eigenvalue weighted by Crippen LogP contribution is -2.12. The molecule has 8 nitrogen and oxygen atoms in total. The second kappa shape index (κ2) is 9.32. The van der Waals surface area contributed by atoms with Gasteiger partial charge in [0.2, 0.25) is 0 Å². The van der Waals surface area contributed by atoms with Gasteiger partial charge in [-0.1, -0.05) is 0 Å². The zero-order valence-corrected chi connectivity index (χ0v) is 17.3. The number of benzene rings is 3. The van der Waals surface area contributed by atoms with Gasteiger partial charge in [0.1, 0.15) is 18.2 Å². The Hall–Kier alpha value is -4.17. The number of fused-ring (bicyclic) bond motifs is 1. The van der Waals surface area contributed by atoms with E-state index in [9.17, 15) is 9.59 Å². The molecule has 0 saturated heterocycles. The third kappa shape index (κ3) is 4.60. The standard InChI is InChI=1S/C24H21N3O5/c1-31-24(30)16-2-7-18(8-3-16)25-23(29)17-6-11-20-21(14-17)27-22(26-20)15-4-9-19(10-5-15)32-13-12-28/h2-11,14,28H,12-13H2,1H3,(H,25,29)(H,26,27). The minimum atomic E-state index is -0.435. The number of aliphatic hydroxyl groups is 1. The lowest BCUT2D eigenvalue weighted by Gasteiger charge is -2.06. The van der Waals surface area contributed by atoms with Gasteiger partial charge in [0, 0.05) is 16.8 Å². The van der Waals surface area contributed by atoms with Crippen LogP contribution in [-0.2, 0) is 4.74 Å². The van der Waals surface area contributed by atoms with Crippen molar-refractivity contribution < 1.29 is 24.2 Å². The van der Waals surface area contributed by atoms with Crippen molar-refractivity contribution in [2.24, 2.45) is 0 Å². The number of amides is 1. The number of methoxy groups -OCH3 is 1. The normalized spacial score (nSPS) is 10.7. The summed E-state index contributed by atoms with van der Waals surface area (Å²) in [5.74, 6) is 0.622. The molecule has 8 heteroatoms. The average Bonchev–Trinajstić information content (AvgIpc) is 3.26. The Labute approximate surface area is 183 Å². The van der Waals surface area contributed by atoms with Crippen molar-refractivity contribution >= 4 is 28.6 Å². The first-order chi connectivity index (χ1) is 15.6. The predicted molar refractivity (Wildman–Crippen MR) is 120 cm³/mol. The molecule has 0 saturated carbocycles. The molecule has 4 aromatic rings. The number of aromatic amines is 1. The highest BCUT2D eigenvalue weighted by Gasteiger charge is 2.11. The molecule has 1 heterocycles. The van der Waals surface area contributed by atoms with Crippen LogP contribution in [0.15, 0.2) is 66.7 Å². The van der Waals surface area contributed by atoms with Gasteiger partial charge >= 0.3 is 5.97 Å². The SMILES string of the molecule is COC(=O)c1ccc(NC(=O)c2ccc3nc(-c4ccc(OCCO)cc4)[nH]c3c2)cc1. The van der Waals surface area contributed by atoms with Crippen LogP contribution in [0.2, 0.25) is 0 Å². The maximum absolute atomic E-state index is 12.7. The number of anilines is 1. The van der Waals surface area contributed by atoms with Gasteiger partial charge in [0.05, 0.1) is 30.3 Å². The van der Waals surface area contributed by atoms with Crippen molar-refractivity contribution in [3.63, 3.8) is 0 Å². The summed E-state index contributed by atoms with van der Waals surface area (Å²) in [5.41, 5.74) is 3.78. The van der Waals surface area contributed by atoms with Crippen molar-refractivity contribution in [2.45, 2.75) is 0 Å². The summed E-state index contributed by atoms with van der Waals surface area (Å²) in [6, 6.07) is 19.0. The number of ether oxygens (including phenoxy) is 2. The maximum atomic E-state index is 12.7. The van der Waals surface area contributed by atoms with Gasteiger partial charge in [-0.25, -0.2) is 9.78 Å². The molecular formula is C24H21N3O5. The predicted octanol–water partition coefficient (Wildman–Crippen LogP) is 3.64. The van der Waals surface area contributed by atoms with Crippen molar-refractivity contribution in [1.29, 1.82) is 0 Å². The third-order valence-electron chi connectivity index (χ3n) is 4.80. The van der Waals surface area contributed by atoms with E-state index in [2.05, 4.69) is 20.0 Å². The van der Waals surface area contributed by atoms with Crippen LogP contribution >= 0.6 is 0 Å². The van der Waals surface area contributed by atoms with Crippen LogP contribution in [0.1, 0.15) is 20.7 Å². The Bertz CT molecular complexity index is 1250. The number of H-pyrrole nitrogens is 1. The van der Waals surface area contributed by atoms with Gasteiger partial charge in [-0.3, -0.25) is 4.79 Å². The molecule has 0 aliphatic rings. The number of carbonyl (C=O) groups is 2. The van der Waals surface area contributed by atoms with E-state index in [1.54, 1.807) is 42.5 Å². The zero-order chi connectivity index (χ0) is 22.5. The number of aliphatic hydroxyl groups excluding tert-OH is 1. The molecule has 0 unspecified atom stereocenters. The van der Waals surface area contributed by atoms with Crippen LogP contribution in [0.5, 0.6) is 5.75 Å². The van der Waals surface area contributed by atoms with Crippen molar-refractivity contribution in [3.8, 4) is 17.1 Å². The highest BCUT2D eigenvalue weighted by molar-refractivity contribution is 6.06. The Balaban J connectivity index is 1.50. The third-order valence-corrected chi connectivity index (χ3v) is 4.80. The summed E-state index contributed by atoms with van der Waals surface area (Å²) in [6.45, 7) is 0.199. The monoisotopic (exact) mass is 431 g/mol. The molecule has 0 bridgehead atoms. The van der Waals surface area contributed by atoms with E-state index in [0.717, 1.165) is 16.6 Å². The van der Waals surface area contributed by atoms with Crippen LogP contribution in [0.4, 0.5) is 5.69 Å². The van der Waals surface area contributed by atoms with Crippen LogP contribution in [0.3, 0.4) is 0 Å². The van der Waals surface area contributed by atoms with Gasteiger partial charge in [-0.2, -0.15) is 0 Å². The van der Waals surface area contributed by atoms with E-state index in [4.69, 9.17) is 9.84 Å². The van der Waals surface area contributed by atoms with Gasteiger partial charge in [-0.15, -0.1) is 0 Å². The Morgan fingerprint density at radius 2 is 1.72 bits per heavy atom. The average molecular weight is 431 g/mol. The van der Waals surface area contributed by atoms with E-state index < -0.39 is 5.97 Å². The molecule has 3 N–H and O–H groups in total. The quantitative estimate of drug-likeness (QED) is 0.385. The minimum Gasteiger partial charge on any atom is -0.491 e. The molecule has 0 atom stereocenters. The highest BCUT2D eigenvalue weighted by atomic mass is 16.5. The number of carbonyl (C=O) groups excluding carboxylic acids is 2. The molecule has 1 aromatic heterocycles. The molecule has 0 spiro atoms. The molecule has 0 aliphatic heterocycles. The van der Waals surface area contributed by atoms with E-state index in [1.807, 2.05) is 24.3 Å². The lowest BCUT2D eigenvalue weighted by molar-refractivity contribution is 0.0600. The van der Waals surface area contributed by atoms with Gasteiger partial charge in [0.25, 0.3) is 5.91 Å². The molecule has 1 amide bonds. The number of imidazole rings is 1. The van der Waals surface area contributed by atoms with Crippen LogP contribution in [-0.4, -0.2) is 47.3 Å². The molecule has 3 aromatic carbocycles. The fraction of sp³-hybridized carbons (Fsp3) is 0.125. The van der Waals surface area contributed by atoms with E-state index in [0.29, 0.717) is 28.4 Å². The fourth-order valence-corrected chi connectivity index (χ4v) is 3.17. The second-order valence-electron chi connectivity index (χ2n) is 6.94. The number of nitrogens with zero attached hydrogens (tertiary/aromatic N) is 1. The minimum absolute atomic E-state index is 0.0416. The molecule has 32 heavy (non-hydrogen) atoms. The zero-order valence-electron chi connectivity index (χ0n) is 17.3. The molecule has 4 rings (SSSR count). The number of nitrogens with one attached hydrogen (secondary N) is 2. The summed E-state index contributed by atoms with van der Waals surface area (Å²) < 4.78 is 10.0. The smallest absolute Gasteiger partial charge is 0.337 e. The van der Waals surface area contributed by atoms with Gasteiger partial charge in [0.15, 0.2) is 0 Å². The first-order valence-electron chi connectivity index (χ1n) is 9.91. The van der Waals surface area contributed by atoms with E-state index in [-0.39, 0.29) is 19.1 Å². The number of aromatic nitrogens is 2. The van der Waals surface area contributed by atoms with Crippen LogP contribution < -0.4 is 10.1 Å².